The fourth-order valence-corrected chi connectivity index (χ4v) is 3.93. The molecule has 1 atom stereocenters. The number of aromatic nitrogens is 1. The molecule has 220 valence electrons. The molecule has 0 fully saturated rings. The predicted octanol–water partition coefficient (Wildman–Crippen LogP) is 7.00. The Morgan fingerprint density at radius 1 is 1.00 bits per heavy atom. The zero-order valence-electron chi connectivity index (χ0n) is 24.5. The third kappa shape index (κ3) is 7.84. The average molecular weight is 570 g/mol. The second-order valence-electron chi connectivity index (χ2n) is 11.4. The van der Waals surface area contributed by atoms with E-state index < -0.39 is 41.2 Å². The predicted molar refractivity (Wildman–Crippen MR) is 153 cm³/mol. The molecule has 0 saturated carbocycles. The number of aryl methyl sites for hydroxylation is 1. The molecule has 0 aliphatic carbocycles. The summed E-state index contributed by atoms with van der Waals surface area (Å²) < 4.78 is 31.4. The maximum Gasteiger partial charge on any atom is 0.425 e. The molecule has 0 aliphatic rings. The van der Waals surface area contributed by atoms with Gasteiger partial charge in [-0.1, -0.05) is 0 Å². The fourth-order valence-electron chi connectivity index (χ4n) is 3.93. The number of hydrogen-bond acceptors (Lipinski definition) is 8. The van der Waals surface area contributed by atoms with Gasteiger partial charge in [-0.05, 0) is 103 Å². The summed E-state index contributed by atoms with van der Waals surface area (Å²) in [6.07, 6.45) is -0.550. The summed E-state index contributed by atoms with van der Waals surface area (Å²) in [4.78, 5) is 43.5. The summed E-state index contributed by atoms with van der Waals surface area (Å²) in [6, 6.07) is 7.52. The minimum absolute atomic E-state index is 0.0294. The van der Waals surface area contributed by atoms with Crippen LogP contribution in [0, 0.1) is 12.7 Å². The number of rotatable bonds is 7. The van der Waals surface area contributed by atoms with Gasteiger partial charge in [0.1, 0.15) is 22.8 Å². The molecule has 0 bridgehead atoms. The Kier molecular flexibility index (Phi) is 9.10. The van der Waals surface area contributed by atoms with E-state index in [0.717, 1.165) is 4.90 Å². The summed E-state index contributed by atoms with van der Waals surface area (Å²) in [7, 11) is 0. The molecular weight excluding hydrogens is 533 g/mol. The molecule has 3 aromatic rings. The second kappa shape index (κ2) is 12.0. The van der Waals surface area contributed by atoms with Crippen LogP contribution in [0.1, 0.15) is 65.6 Å². The molecule has 1 heterocycles. The molecule has 2 aromatic carbocycles. The number of anilines is 2. The smallest absolute Gasteiger partial charge is 0.425 e. The number of carbonyl (C=O) groups excluding carboxylic acids is 2. The summed E-state index contributed by atoms with van der Waals surface area (Å²) in [5, 5.41) is 13.7. The highest BCUT2D eigenvalue weighted by molar-refractivity contribution is 6.14. The van der Waals surface area contributed by atoms with Crippen molar-refractivity contribution in [2.75, 3.05) is 16.8 Å². The zero-order valence-corrected chi connectivity index (χ0v) is 24.5. The van der Waals surface area contributed by atoms with Crippen molar-refractivity contribution in [2.45, 2.75) is 72.6 Å². The number of carboxylic acids is 1. The van der Waals surface area contributed by atoms with Crippen molar-refractivity contribution < 1.29 is 38.1 Å². The number of pyridine rings is 1. The van der Waals surface area contributed by atoms with Crippen molar-refractivity contribution >= 4 is 40.4 Å². The molecule has 0 aliphatic heterocycles. The van der Waals surface area contributed by atoms with E-state index in [9.17, 15) is 23.9 Å². The number of carbonyl (C=O) groups is 3. The first-order valence-electron chi connectivity index (χ1n) is 13.1. The van der Waals surface area contributed by atoms with E-state index in [0.29, 0.717) is 34.4 Å². The lowest BCUT2D eigenvalue weighted by atomic mass is 10.0. The number of aliphatic carboxylic acids is 1. The number of benzene rings is 2. The molecule has 1 aromatic heterocycles. The lowest BCUT2D eigenvalue weighted by molar-refractivity contribution is -0.138. The quantitative estimate of drug-likeness (QED) is 0.309. The van der Waals surface area contributed by atoms with Gasteiger partial charge in [0.05, 0.1) is 6.61 Å². The van der Waals surface area contributed by atoms with E-state index in [2.05, 4.69) is 10.3 Å². The van der Waals surface area contributed by atoms with Gasteiger partial charge >= 0.3 is 18.2 Å². The molecule has 0 spiro atoms. The molecule has 1 unspecified atom stereocenters. The number of nitrogens with zero attached hydrogens (tertiary/aromatic N) is 2. The summed E-state index contributed by atoms with van der Waals surface area (Å²) in [6.45, 7) is 13.8. The van der Waals surface area contributed by atoms with Crippen molar-refractivity contribution in [2.24, 2.45) is 0 Å². The van der Waals surface area contributed by atoms with Crippen molar-refractivity contribution in [1.82, 2.24) is 4.98 Å². The monoisotopic (exact) mass is 569 g/mol. The van der Waals surface area contributed by atoms with Crippen molar-refractivity contribution in [3.05, 3.63) is 59.5 Å². The van der Waals surface area contributed by atoms with E-state index in [-0.39, 0.29) is 11.4 Å². The first-order valence-corrected chi connectivity index (χ1v) is 13.1. The topological polar surface area (TPSA) is 127 Å². The van der Waals surface area contributed by atoms with E-state index in [1.165, 1.54) is 18.3 Å². The molecule has 0 radical (unpaired) electrons. The maximum atomic E-state index is 14.9. The lowest BCUT2D eigenvalue weighted by Gasteiger charge is -2.28. The largest absolute Gasteiger partial charge is 0.494 e. The van der Waals surface area contributed by atoms with E-state index >= 15 is 0 Å². The number of fused-ring (bicyclic) bond motifs is 1. The van der Waals surface area contributed by atoms with Crippen LogP contribution < -0.4 is 15.0 Å². The number of carboxylic acid groups (broad SMARTS) is 1. The molecule has 41 heavy (non-hydrogen) atoms. The summed E-state index contributed by atoms with van der Waals surface area (Å²) in [5.41, 5.74) is -1.01. The average Bonchev–Trinajstić information content (AvgIpc) is 2.82. The highest BCUT2D eigenvalue weighted by atomic mass is 19.1. The molecule has 2 N–H and O–H groups in total. The van der Waals surface area contributed by atoms with Crippen LogP contribution in [-0.4, -0.2) is 46.1 Å². The minimum atomic E-state index is -1.44. The van der Waals surface area contributed by atoms with Crippen LogP contribution in [0.15, 0.2) is 42.6 Å². The maximum absolute atomic E-state index is 14.9. The van der Waals surface area contributed by atoms with Crippen LogP contribution in [0.5, 0.6) is 5.75 Å². The first kappa shape index (κ1) is 31.1. The Morgan fingerprint density at radius 2 is 1.61 bits per heavy atom. The van der Waals surface area contributed by atoms with E-state index in [4.69, 9.17) is 14.2 Å². The molecule has 0 saturated heterocycles. The van der Waals surface area contributed by atoms with E-state index in [1.54, 1.807) is 79.7 Å². The third-order valence-electron chi connectivity index (χ3n) is 5.57. The van der Waals surface area contributed by atoms with Crippen LogP contribution >= 0.6 is 0 Å². The van der Waals surface area contributed by atoms with Crippen LogP contribution in [0.25, 0.3) is 10.8 Å². The first-order chi connectivity index (χ1) is 19.0. The number of amides is 2. The fraction of sp³-hybridized carbons (Fsp3) is 0.400. The number of imide groups is 1. The van der Waals surface area contributed by atoms with Crippen LogP contribution in [0.4, 0.5) is 25.5 Å². The van der Waals surface area contributed by atoms with Gasteiger partial charge in [0, 0.05) is 22.8 Å². The SMILES string of the molecule is CCOc1cc(C(Nc2ccc3c(N(C(=O)OC(C)(C)C)C(=O)OC(C)(C)C)nccc3c2)C(=O)O)c(F)cc1C. The molecule has 10 nitrogen and oxygen atoms in total. The number of hydrogen-bond donors (Lipinski definition) is 2. The zero-order chi connectivity index (χ0) is 30.7. The Balaban J connectivity index is 2.05. The van der Waals surface area contributed by atoms with Crippen LogP contribution in [0.2, 0.25) is 0 Å². The summed E-state index contributed by atoms with van der Waals surface area (Å²) in [5.74, 6) is -1.64. The van der Waals surface area contributed by atoms with Gasteiger partial charge in [0.25, 0.3) is 0 Å². The van der Waals surface area contributed by atoms with Crippen molar-refractivity contribution in [3.63, 3.8) is 0 Å². The lowest BCUT2D eigenvalue weighted by Crippen LogP contribution is -2.44. The van der Waals surface area contributed by atoms with E-state index in [1.807, 2.05) is 0 Å². The van der Waals surface area contributed by atoms with Gasteiger partial charge in [-0.25, -0.2) is 23.8 Å². The summed E-state index contributed by atoms with van der Waals surface area (Å²) >= 11 is 0. The van der Waals surface area contributed by atoms with Crippen molar-refractivity contribution in [1.29, 1.82) is 0 Å². The van der Waals surface area contributed by atoms with Gasteiger partial charge in [0.2, 0.25) is 0 Å². The Labute approximate surface area is 238 Å². The normalized spacial score (nSPS) is 12.4. The Morgan fingerprint density at radius 3 is 2.15 bits per heavy atom. The molecule has 3 rings (SSSR count). The van der Waals surface area contributed by atoms with Gasteiger partial charge in [0.15, 0.2) is 11.9 Å². The Hall–Kier alpha value is -4.41. The number of halogens is 1. The van der Waals surface area contributed by atoms with Crippen LogP contribution in [0.3, 0.4) is 0 Å². The Bertz CT molecular complexity index is 1430. The molecule has 2 amide bonds. The molecular formula is C30H36FN3O7. The van der Waals surface area contributed by atoms with Gasteiger partial charge < -0.3 is 24.6 Å². The third-order valence-corrected chi connectivity index (χ3v) is 5.57. The van der Waals surface area contributed by atoms with Crippen molar-refractivity contribution in [3.8, 4) is 5.75 Å². The van der Waals surface area contributed by atoms with Gasteiger partial charge in [-0.2, -0.15) is 4.90 Å². The standard InChI is InChI=1S/C30H36FN3O7/c1-9-39-23-16-21(22(31)14-17(23)2)24(26(35)36)33-19-10-11-20-18(15-19)12-13-32-25(20)34(27(37)40-29(3,4)5)28(38)41-30(6,7)8/h10-16,24,33H,9H2,1-8H3,(H,35,36). The highest BCUT2D eigenvalue weighted by Crippen LogP contribution is 2.33. The highest BCUT2D eigenvalue weighted by Gasteiger charge is 2.34. The number of ether oxygens (including phenoxy) is 3. The van der Waals surface area contributed by atoms with Crippen LogP contribution in [-0.2, 0) is 14.3 Å². The van der Waals surface area contributed by atoms with Gasteiger partial charge in [-0.3, -0.25) is 0 Å². The molecule has 11 heteroatoms. The van der Waals surface area contributed by atoms with Gasteiger partial charge in [-0.15, -0.1) is 0 Å². The number of nitrogens with one attached hydrogen (secondary N) is 1. The minimum Gasteiger partial charge on any atom is -0.494 e. The second-order valence-corrected chi connectivity index (χ2v) is 11.4.